The van der Waals surface area contributed by atoms with Gasteiger partial charge in [0.2, 0.25) is 0 Å². The Morgan fingerprint density at radius 2 is 0.548 bits per heavy atom. The molecule has 0 heterocycles. The molecule has 0 aliphatic rings. The number of hydrogen-bond donors (Lipinski definition) is 0. The van der Waals surface area contributed by atoms with Gasteiger partial charge in [-0.25, -0.2) is 0 Å². The summed E-state index contributed by atoms with van der Waals surface area (Å²) in [6.07, 6.45) is 80.2. The van der Waals surface area contributed by atoms with Crippen LogP contribution in [0.5, 0.6) is 0 Å². The topological polar surface area (TPSA) is 78.9 Å². The standard InChI is InChI=1S/C67H116O6/c1-4-7-10-13-16-19-22-24-25-26-27-28-29-30-31-32-33-34-35-36-37-38-39-40-41-43-45-48-51-54-57-60-66(69)72-63-64(62-71-65(68)59-56-53-50-47-44-21-18-15-12-9-6-3)73-67(70)61-58-55-52-49-46-42-23-20-17-14-11-8-5-2/h7,10,15-16,18-19,24-25,27-28,30-31,33-34,64H,4-6,8-9,11-14,17,20-23,26,29,32,35-63H2,1-3H3/b10-7-,18-15-,19-16-,25-24-,28-27-,31-30-,34-33-. The first-order chi connectivity index (χ1) is 36.0. The normalized spacial score (nSPS) is 12.6. The van der Waals surface area contributed by atoms with Crippen LogP contribution in [0.4, 0.5) is 0 Å². The van der Waals surface area contributed by atoms with E-state index in [0.717, 1.165) is 103 Å². The van der Waals surface area contributed by atoms with Gasteiger partial charge in [-0.3, -0.25) is 14.4 Å². The number of esters is 3. The Morgan fingerprint density at radius 3 is 0.890 bits per heavy atom. The van der Waals surface area contributed by atoms with Gasteiger partial charge < -0.3 is 14.2 Å². The van der Waals surface area contributed by atoms with Gasteiger partial charge in [0.25, 0.3) is 0 Å². The van der Waals surface area contributed by atoms with Crippen LogP contribution in [0.2, 0.25) is 0 Å². The van der Waals surface area contributed by atoms with E-state index in [2.05, 4.69) is 106 Å². The van der Waals surface area contributed by atoms with E-state index in [1.165, 1.54) is 161 Å². The lowest BCUT2D eigenvalue weighted by Gasteiger charge is -2.18. The van der Waals surface area contributed by atoms with E-state index in [1.54, 1.807) is 0 Å². The molecule has 0 spiro atoms. The molecule has 0 rings (SSSR count). The second-order valence-electron chi connectivity index (χ2n) is 20.6. The Bertz CT molecular complexity index is 1400. The maximum Gasteiger partial charge on any atom is 0.306 e. The predicted molar refractivity (Wildman–Crippen MR) is 316 cm³/mol. The van der Waals surface area contributed by atoms with E-state index < -0.39 is 6.10 Å². The minimum absolute atomic E-state index is 0.0766. The van der Waals surface area contributed by atoms with Gasteiger partial charge in [0.1, 0.15) is 13.2 Å². The Labute approximate surface area is 452 Å². The first-order valence-corrected chi connectivity index (χ1v) is 31.1. The molecule has 0 radical (unpaired) electrons. The number of carbonyl (C=O) groups is 3. The molecule has 6 heteroatoms. The third-order valence-electron chi connectivity index (χ3n) is 13.4. The third-order valence-corrected chi connectivity index (χ3v) is 13.4. The van der Waals surface area contributed by atoms with Crippen molar-refractivity contribution < 1.29 is 28.6 Å². The number of rotatable bonds is 56. The van der Waals surface area contributed by atoms with Crippen LogP contribution < -0.4 is 0 Å². The van der Waals surface area contributed by atoms with Crippen LogP contribution in [0.1, 0.15) is 303 Å². The molecule has 0 fully saturated rings. The Morgan fingerprint density at radius 1 is 0.288 bits per heavy atom. The predicted octanol–water partition coefficient (Wildman–Crippen LogP) is 21.1. The lowest BCUT2D eigenvalue weighted by Crippen LogP contribution is -2.30. The molecule has 420 valence electrons. The van der Waals surface area contributed by atoms with Gasteiger partial charge in [-0.1, -0.05) is 279 Å². The van der Waals surface area contributed by atoms with Crippen LogP contribution in [-0.4, -0.2) is 37.2 Å². The fourth-order valence-corrected chi connectivity index (χ4v) is 8.72. The molecule has 0 N–H and O–H groups in total. The molecule has 0 saturated heterocycles. The van der Waals surface area contributed by atoms with E-state index in [-0.39, 0.29) is 31.1 Å². The second kappa shape index (κ2) is 61.1. The van der Waals surface area contributed by atoms with Crippen molar-refractivity contribution in [2.24, 2.45) is 0 Å². The molecule has 0 amide bonds. The monoisotopic (exact) mass is 1020 g/mol. The molecule has 73 heavy (non-hydrogen) atoms. The zero-order chi connectivity index (χ0) is 52.9. The largest absolute Gasteiger partial charge is 0.462 e. The minimum Gasteiger partial charge on any atom is -0.462 e. The van der Waals surface area contributed by atoms with Gasteiger partial charge in [-0.2, -0.15) is 0 Å². The maximum absolute atomic E-state index is 12.8. The fourth-order valence-electron chi connectivity index (χ4n) is 8.72. The van der Waals surface area contributed by atoms with Crippen molar-refractivity contribution in [3.63, 3.8) is 0 Å². The maximum atomic E-state index is 12.8. The lowest BCUT2D eigenvalue weighted by molar-refractivity contribution is -0.167. The van der Waals surface area contributed by atoms with E-state index in [4.69, 9.17) is 14.2 Å². The van der Waals surface area contributed by atoms with Gasteiger partial charge in [-0.05, 0) is 89.9 Å². The summed E-state index contributed by atoms with van der Waals surface area (Å²) in [4.78, 5) is 38.1. The molecule has 0 aromatic heterocycles. The van der Waals surface area contributed by atoms with E-state index >= 15 is 0 Å². The average Bonchev–Trinajstić information content (AvgIpc) is 3.39. The van der Waals surface area contributed by atoms with Gasteiger partial charge in [0, 0.05) is 19.3 Å². The Balaban J connectivity index is 4.15. The summed E-state index contributed by atoms with van der Waals surface area (Å²) in [5, 5.41) is 0. The smallest absolute Gasteiger partial charge is 0.306 e. The summed E-state index contributed by atoms with van der Waals surface area (Å²) in [5.41, 5.74) is 0. The molecule has 0 aromatic carbocycles. The first-order valence-electron chi connectivity index (χ1n) is 31.1. The van der Waals surface area contributed by atoms with Crippen LogP contribution in [0.3, 0.4) is 0 Å². The van der Waals surface area contributed by atoms with E-state index in [0.29, 0.717) is 19.3 Å². The number of unbranched alkanes of at least 4 members (excludes halogenated alkanes) is 31. The summed E-state index contributed by atoms with van der Waals surface area (Å²) < 4.78 is 16.9. The fraction of sp³-hybridized carbons (Fsp3) is 0.746. The van der Waals surface area contributed by atoms with Gasteiger partial charge in [-0.15, -0.1) is 0 Å². The highest BCUT2D eigenvalue weighted by Gasteiger charge is 2.19. The zero-order valence-corrected chi connectivity index (χ0v) is 48.1. The van der Waals surface area contributed by atoms with Gasteiger partial charge >= 0.3 is 17.9 Å². The number of carbonyl (C=O) groups excluding carboxylic acids is 3. The van der Waals surface area contributed by atoms with Crippen molar-refractivity contribution in [2.45, 2.75) is 309 Å². The van der Waals surface area contributed by atoms with Gasteiger partial charge in [0.05, 0.1) is 0 Å². The molecule has 1 atom stereocenters. The molecule has 0 saturated carbocycles. The number of ether oxygens (including phenoxy) is 3. The quantitative estimate of drug-likeness (QED) is 0.0261. The van der Waals surface area contributed by atoms with Crippen molar-refractivity contribution in [3.8, 4) is 0 Å². The molecule has 6 nitrogen and oxygen atoms in total. The average molecular weight is 1020 g/mol. The zero-order valence-electron chi connectivity index (χ0n) is 48.1. The third kappa shape index (κ3) is 59.3. The SMILES string of the molecule is CC/C=C\C/C=C\C/C=C\C/C=C\C/C=C\C/C=C\CCCCCCCCCCCCCCC(=O)OCC(COC(=O)CCCCCCC/C=C\CCCC)OC(=O)CCCCCCCCCCCCCCC. The highest BCUT2D eigenvalue weighted by atomic mass is 16.6. The van der Waals surface area contributed by atoms with E-state index in [1.807, 2.05) is 0 Å². The molecule has 0 bridgehead atoms. The molecule has 0 aliphatic carbocycles. The van der Waals surface area contributed by atoms with Crippen molar-refractivity contribution in [1.82, 2.24) is 0 Å². The van der Waals surface area contributed by atoms with Crippen LogP contribution in [0, 0.1) is 0 Å². The molecule has 0 aliphatic heterocycles. The highest BCUT2D eigenvalue weighted by molar-refractivity contribution is 5.71. The molecular formula is C67H116O6. The molecule has 1 unspecified atom stereocenters. The molecular weight excluding hydrogens is 901 g/mol. The summed E-state index contributed by atoms with van der Waals surface area (Å²) >= 11 is 0. The first kappa shape index (κ1) is 69.6. The van der Waals surface area contributed by atoms with Crippen molar-refractivity contribution in [3.05, 3.63) is 85.1 Å². The van der Waals surface area contributed by atoms with Gasteiger partial charge in [0.15, 0.2) is 6.10 Å². The van der Waals surface area contributed by atoms with Crippen LogP contribution in [-0.2, 0) is 28.6 Å². The highest BCUT2D eigenvalue weighted by Crippen LogP contribution is 2.16. The Hall–Kier alpha value is -3.41. The summed E-state index contributed by atoms with van der Waals surface area (Å²) in [5.74, 6) is -0.878. The number of allylic oxidation sites excluding steroid dienone is 14. The van der Waals surface area contributed by atoms with Crippen LogP contribution in [0.25, 0.3) is 0 Å². The minimum atomic E-state index is -0.777. The van der Waals surface area contributed by atoms with E-state index in [9.17, 15) is 14.4 Å². The second-order valence-corrected chi connectivity index (χ2v) is 20.6. The summed E-state index contributed by atoms with van der Waals surface area (Å²) in [7, 11) is 0. The number of hydrogen-bond acceptors (Lipinski definition) is 6. The van der Waals surface area contributed by atoms with Crippen molar-refractivity contribution in [2.75, 3.05) is 13.2 Å². The van der Waals surface area contributed by atoms with Crippen LogP contribution >= 0.6 is 0 Å². The Kier molecular flexibility index (Phi) is 58.3. The summed E-state index contributed by atoms with van der Waals surface area (Å²) in [6, 6.07) is 0. The van der Waals surface area contributed by atoms with Crippen molar-refractivity contribution >= 4 is 17.9 Å². The summed E-state index contributed by atoms with van der Waals surface area (Å²) in [6.45, 7) is 6.50. The molecule has 0 aromatic rings. The van der Waals surface area contributed by atoms with Crippen LogP contribution in [0.15, 0.2) is 85.1 Å². The lowest BCUT2D eigenvalue weighted by atomic mass is 10.0. The van der Waals surface area contributed by atoms with Crippen molar-refractivity contribution in [1.29, 1.82) is 0 Å².